The second-order valence-electron chi connectivity index (χ2n) is 4.55. The van der Waals surface area contributed by atoms with Crippen molar-refractivity contribution in [3.63, 3.8) is 0 Å². The smallest absolute Gasteiger partial charge is 0.293 e. The Bertz CT molecular complexity index is 562. The summed E-state index contributed by atoms with van der Waals surface area (Å²) in [5.41, 5.74) is 0.590. The van der Waals surface area contributed by atoms with E-state index in [1.54, 1.807) is 12.1 Å². The molecular weight excluding hydrogens is 283 g/mol. The van der Waals surface area contributed by atoms with Crippen molar-refractivity contribution in [1.82, 2.24) is 0 Å². The number of carbonyl (C=O) groups excluding carboxylic acids is 2. The van der Waals surface area contributed by atoms with Crippen LogP contribution in [0.3, 0.4) is 0 Å². The van der Waals surface area contributed by atoms with E-state index in [0.717, 1.165) is 0 Å². The van der Waals surface area contributed by atoms with Crippen molar-refractivity contribution in [3.05, 3.63) is 35.4 Å². The van der Waals surface area contributed by atoms with Crippen LogP contribution in [0.5, 0.6) is 0 Å². The SMILES string of the molecule is O=C1c2ccccc2CCC1C(=O)C(F)(F)C(F)(F)F. The zero-order valence-electron chi connectivity index (χ0n) is 10.0. The molecule has 2 nitrogen and oxygen atoms in total. The van der Waals surface area contributed by atoms with Crippen LogP contribution >= 0.6 is 0 Å². The summed E-state index contributed by atoms with van der Waals surface area (Å²) in [5, 5.41) is 0. The van der Waals surface area contributed by atoms with E-state index in [4.69, 9.17) is 0 Å². The zero-order chi connectivity index (χ0) is 15.1. The molecular formula is C13H9F5O2. The summed E-state index contributed by atoms with van der Waals surface area (Å²) in [6.07, 6.45) is -6.20. The Morgan fingerprint density at radius 2 is 1.70 bits per heavy atom. The highest BCUT2D eigenvalue weighted by atomic mass is 19.4. The van der Waals surface area contributed by atoms with Gasteiger partial charge < -0.3 is 0 Å². The van der Waals surface area contributed by atoms with E-state index in [1.165, 1.54) is 12.1 Å². The highest BCUT2D eigenvalue weighted by molar-refractivity contribution is 6.14. The van der Waals surface area contributed by atoms with E-state index in [1.807, 2.05) is 0 Å². The van der Waals surface area contributed by atoms with Crippen LogP contribution in [-0.4, -0.2) is 23.7 Å². The normalized spacial score (nSPS) is 19.6. The van der Waals surface area contributed by atoms with Crippen LogP contribution in [0.15, 0.2) is 24.3 Å². The average molecular weight is 292 g/mol. The highest BCUT2D eigenvalue weighted by Gasteiger charge is 2.65. The predicted octanol–water partition coefficient (Wildman–Crippen LogP) is 3.20. The summed E-state index contributed by atoms with van der Waals surface area (Å²) in [4.78, 5) is 23.3. The zero-order valence-corrected chi connectivity index (χ0v) is 10.0. The molecule has 0 fully saturated rings. The van der Waals surface area contributed by atoms with Crippen molar-refractivity contribution in [2.75, 3.05) is 0 Å². The largest absolute Gasteiger partial charge is 0.461 e. The molecule has 1 aromatic carbocycles. The van der Waals surface area contributed by atoms with E-state index in [2.05, 4.69) is 0 Å². The maximum atomic E-state index is 13.0. The lowest BCUT2D eigenvalue weighted by Gasteiger charge is -2.26. The summed E-state index contributed by atoms with van der Waals surface area (Å²) >= 11 is 0. The molecule has 0 saturated heterocycles. The molecule has 0 aliphatic heterocycles. The van der Waals surface area contributed by atoms with Gasteiger partial charge in [-0.25, -0.2) is 0 Å². The molecule has 0 amide bonds. The second-order valence-corrected chi connectivity index (χ2v) is 4.55. The molecule has 1 unspecified atom stereocenters. The first-order valence-electron chi connectivity index (χ1n) is 5.77. The van der Waals surface area contributed by atoms with Gasteiger partial charge in [-0.2, -0.15) is 22.0 Å². The number of fused-ring (bicyclic) bond motifs is 1. The summed E-state index contributed by atoms with van der Waals surface area (Å²) in [6, 6.07) is 5.99. The summed E-state index contributed by atoms with van der Waals surface area (Å²) in [6.45, 7) is 0. The standard InChI is InChI=1S/C13H9F5O2/c14-12(15,13(16,17)18)11(20)9-6-5-7-3-1-2-4-8(7)10(9)19/h1-4,9H,5-6H2. The Hall–Kier alpha value is -1.79. The number of benzene rings is 1. The molecule has 0 heterocycles. The number of alkyl halides is 5. The molecule has 1 aromatic rings. The van der Waals surface area contributed by atoms with Crippen LogP contribution in [0.25, 0.3) is 0 Å². The minimum absolute atomic E-state index is 0.0371. The molecule has 7 heteroatoms. The fourth-order valence-electron chi connectivity index (χ4n) is 2.21. The summed E-state index contributed by atoms with van der Waals surface area (Å²) < 4.78 is 62.6. The minimum Gasteiger partial charge on any atom is -0.293 e. The number of halogens is 5. The van der Waals surface area contributed by atoms with Gasteiger partial charge in [-0.05, 0) is 18.4 Å². The molecule has 1 aliphatic carbocycles. The van der Waals surface area contributed by atoms with E-state index in [-0.39, 0.29) is 18.4 Å². The maximum Gasteiger partial charge on any atom is 0.461 e. The van der Waals surface area contributed by atoms with Gasteiger partial charge in [-0.1, -0.05) is 24.3 Å². The van der Waals surface area contributed by atoms with Crippen molar-refractivity contribution < 1.29 is 31.5 Å². The lowest BCUT2D eigenvalue weighted by molar-refractivity contribution is -0.269. The topological polar surface area (TPSA) is 34.1 Å². The molecule has 0 N–H and O–H groups in total. The average Bonchev–Trinajstić information content (AvgIpc) is 2.37. The van der Waals surface area contributed by atoms with E-state index >= 15 is 0 Å². The van der Waals surface area contributed by atoms with Gasteiger partial charge in [0.25, 0.3) is 0 Å². The predicted molar refractivity (Wildman–Crippen MR) is 58.6 cm³/mol. The fourth-order valence-corrected chi connectivity index (χ4v) is 2.21. The number of Topliss-reactive ketones (excluding diaryl/α,β-unsaturated/α-hetero) is 2. The van der Waals surface area contributed by atoms with E-state index in [9.17, 15) is 31.5 Å². The minimum atomic E-state index is -5.98. The third-order valence-corrected chi connectivity index (χ3v) is 3.28. The first-order chi connectivity index (χ1) is 9.16. The van der Waals surface area contributed by atoms with Crippen molar-refractivity contribution in [3.8, 4) is 0 Å². The second kappa shape index (κ2) is 4.64. The monoisotopic (exact) mass is 292 g/mol. The van der Waals surface area contributed by atoms with Gasteiger partial charge in [0.2, 0.25) is 5.78 Å². The number of hydrogen-bond acceptors (Lipinski definition) is 2. The van der Waals surface area contributed by atoms with Gasteiger partial charge in [0, 0.05) is 5.56 Å². The van der Waals surface area contributed by atoms with Gasteiger partial charge in [-0.3, -0.25) is 9.59 Å². The molecule has 0 saturated carbocycles. The lowest BCUT2D eigenvalue weighted by atomic mass is 9.79. The molecule has 1 atom stereocenters. The van der Waals surface area contributed by atoms with Crippen molar-refractivity contribution in [2.24, 2.45) is 5.92 Å². The van der Waals surface area contributed by atoms with Crippen LogP contribution in [0, 0.1) is 5.92 Å². The lowest BCUT2D eigenvalue weighted by Crippen LogP contribution is -2.49. The molecule has 0 radical (unpaired) electrons. The molecule has 0 spiro atoms. The molecule has 108 valence electrons. The van der Waals surface area contributed by atoms with E-state index < -0.39 is 29.6 Å². The summed E-state index contributed by atoms with van der Waals surface area (Å²) in [7, 11) is 0. The molecule has 2 rings (SSSR count). The first-order valence-corrected chi connectivity index (χ1v) is 5.77. The maximum absolute atomic E-state index is 13.0. The van der Waals surface area contributed by atoms with E-state index in [0.29, 0.717) is 5.56 Å². The number of carbonyl (C=O) groups is 2. The van der Waals surface area contributed by atoms with Crippen molar-refractivity contribution in [1.29, 1.82) is 0 Å². The number of aryl methyl sites for hydroxylation is 1. The van der Waals surface area contributed by atoms with Crippen molar-refractivity contribution in [2.45, 2.75) is 24.9 Å². The van der Waals surface area contributed by atoms with Crippen LogP contribution < -0.4 is 0 Å². The Kier molecular flexibility index (Phi) is 3.39. The first kappa shape index (κ1) is 14.6. The number of rotatable bonds is 2. The van der Waals surface area contributed by atoms with Gasteiger partial charge in [-0.15, -0.1) is 0 Å². The Balaban J connectivity index is 2.33. The summed E-state index contributed by atoms with van der Waals surface area (Å²) in [5.74, 6) is -10.8. The van der Waals surface area contributed by atoms with Crippen molar-refractivity contribution >= 4 is 11.6 Å². The van der Waals surface area contributed by atoms with Crippen LogP contribution in [-0.2, 0) is 11.2 Å². The Labute approximate surface area is 110 Å². The van der Waals surface area contributed by atoms with Gasteiger partial charge >= 0.3 is 12.1 Å². The Morgan fingerprint density at radius 3 is 2.30 bits per heavy atom. The molecule has 0 aromatic heterocycles. The highest BCUT2D eigenvalue weighted by Crippen LogP contribution is 2.40. The van der Waals surface area contributed by atoms with Crippen LogP contribution in [0.4, 0.5) is 22.0 Å². The van der Waals surface area contributed by atoms with Gasteiger partial charge in [0.15, 0.2) is 5.78 Å². The molecule has 0 bridgehead atoms. The molecule has 1 aliphatic rings. The van der Waals surface area contributed by atoms with Crippen LogP contribution in [0.1, 0.15) is 22.3 Å². The number of hydrogen-bond donors (Lipinski definition) is 0. The third-order valence-electron chi connectivity index (χ3n) is 3.28. The van der Waals surface area contributed by atoms with Gasteiger partial charge in [0.05, 0.1) is 5.92 Å². The molecule has 20 heavy (non-hydrogen) atoms. The van der Waals surface area contributed by atoms with Gasteiger partial charge in [0.1, 0.15) is 0 Å². The fraction of sp³-hybridized carbons (Fsp3) is 0.385. The quantitative estimate of drug-likeness (QED) is 0.619. The third kappa shape index (κ3) is 2.21. The van der Waals surface area contributed by atoms with Crippen LogP contribution in [0.2, 0.25) is 0 Å². The number of ketones is 2. The Morgan fingerprint density at radius 1 is 1.10 bits per heavy atom.